The van der Waals surface area contributed by atoms with Crippen LogP contribution < -0.4 is 4.90 Å². The van der Waals surface area contributed by atoms with Crippen LogP contribution in [0.4, 0.5) is 5.69 Å². The highest BCUT2D eigenvalue weighted by atomic mass is 16.2. The normalized spacial score (nSPS) is 28.1. The molecule has 1 aliphatic carbocycles. The van der Waals surface area contributed by atoms with Crippen LogP contribution in [0.3, 0.4) is 0 Å². The van der Waals surface area contributed by atoms with Crippen molar-refractivity contribution in [2.75, 3.05) is 24.5 Å². The highest BCUT2D eigenvalue weighted by molar-refractivity contribution is 6.00. The van der Waals surface area contributed by atoms with Crippen molar-refractivity contribution in [1.29, 1.82) is 0 Å². The average Bonchev–Trinajstić information content (AvgIpc) is 3.24. The van der Waals surface area contributed by atoms with E-state index in [1.807, 2.05) is 17.0 Å². The second-order valence-electron chi connectivity index (χ2n) is 8.36. The third-order valence-corrected chi connectivity index (χ3v) is 6.28. The average molecular weight is 352 g/mol. The lowest BCUT2D eigenvalue weighted by atomic mass is 9.86. The predicted octanol–water partition coefficient (Wildman–Crippen LogP) is 3.59. The first-order valence-electron chi connectivity index (χ1n) is 9.87. The van der Waals surface area contributed by atoms with Crippen LogP contribution in [0, 0.1) is 17.8 Å². The Morgan fingerprint density at radius 3 is 2.19 bits per heavy atom. The summed E-state index contributed by atoms with van der Waals surface area (Å²) in [5.41, 5.74) is 2.18. The van der Waals surface area contributed by atoms with Crippen LogP contribution in [0.15, 0.2) is 36.4 Å². The summed E-state index contributed by atoms with van der Waals surface area (Å²) >= 11 is 0. The quantitative estimate of drug-likeness (QED) is 0.780. The maximum absolute atomic E-state index is 13.0. The Kier molecular flexibility index (Phi) is 4.60. The van der Waals surface area contributed by atoms with Gasteiger partial charge in [0.1, 0.15) is 0 Å². The van der Waals surface area contributed by atoms with Crippen molar-refractivity contribution in [2.24, 2.45) is 17.8 Å². The first-order chi connectivity index (χ1) is 12.5. The molecule has 2 saturated heterocycles. The molecule has 4 nitrogen and oxygen atoms in total. The number of rotatable bonds is 3. The second kappa shape index (κ2) is 6.90. The molecule has 2 fully saturated rings. The van der Waals surface area contributed by atoms with Crippen LogP contribution in [0.25, 0.3) is 0 Å². The Bertz CT molecular complexity index is 706. The van der Waals surface area contributed by atoms with Gasteiger partial charge in [0.05, 0.1) is 5.92 Å². The first kappa shape index (κ1) is 17.3. The van der Waals surface area contributed by atoms with E-state index in [0.29, 0.717) is 30.7 Å². The number of fused-ring (bicyclic) bond motifs is 1. The van der Waals surface area contributed by atoms with Gasteiger partial charge in [-0.2, -0.15) is 0 Å². The molecule has 1 aromatic rings. The molecule has 3 aliphatic rings. The van der Waals surface area contributed by atoms with Gasteiger partial charge >= 0.3 is 0 Å². The van der Waals surface area contributed by atoms with Gasteiger partial charge in [-0.3, -0.25) is 9.59 Å². The largest absolute Gasteiger partial charge is 0.342 e. The van der Waals surface area contributed by atoms with Crippen molar-refractivity contribution in [3.05, 3.63) is 42.0 Å². The number of hydrogen-bond donors (Lipinski definition) is 0. The number of likely N-dealkylation sites (tertiary alicyclic amines) is 1. The minimum Gasteiger partial charge on any atom is -0.342 e. The van der Waals surface area contributed by atoms with Gasteiger partial charge in [0, 0.05) is 31.7 Å². The Balaban J connectivity index is 1.42. The summed E-state index contributed by atoms with van der Waals surface area (Å²) < 4.78 is 0. The van der Waals surface area contributed by atoms with Crippen LogP contribution in [0.2, 0.25) is 0 Å². The molecule has 2 heterocycles. The third-order valence-electron chi connectivity index (χ3n) is 6.28. The molecule has 26 heavy (non-hydrogen) atoms. The van der Waals surface area contributed by atoms with Crippen molar-refractivity contribution >= 4 is 17.5 Å². The first-order valence-corrected chi connectivity index (χ1v) is 9.87. The SMILES string of the molecule is CC(C)c1ccc(N2CC(C(=O)N3C[C@H]4CC=CC[C@H]4C3)CC2=O)cc1. The van der Waals surface area contributed by atoms with Crippen molar-refractivity contribution in [2.45, 2.75) is 39.0 Å². The predicted molar refractivity (Wildman–Crippen MR) is 103 cm³/mol. The molecule has 0 spiro atoms. The Hall–Kier alpha value is -2.10. The van der Waals surface area contributed by atoms with Crippen LogP contribution in [-0.2, 0) is 9.59 Å². The lowest BCUT2D eigenvalue weighted by Gasteiger charge is -2.21. The van der Waals surface area contributed by atoms with E-state index in [1.165, 1.54) is 5.56 Å². The number of benzene rings is 1. The number of hydrogen-bond acceptors (Lipinski definition) is 2. The van der Waals surface area contributed by atoms with Gasteiger partial charge in [-0.25, -0.2) is 0 Å². The molecule has 1 unspecified atom stereocenters. The van der Waals surface area contributed by atoms with Crippen molar-refractivity contribution in [1.82, 2.24) is 4.90 Å². The van der Waals surface area contributed by atoms with Gasteiger partial charge in [-0.1, -0.05) is 38.1 Å². The third kappa shape index (κ3) is 3.17. The minimum absolute atomic E-state index is 0.0685. The maximum Gasteiger partial charge on any atom is 0.228 e. The Morgan fingerprint density at radius 1 is 1.00 bits per heavy atom. The van der Waals surface area contributed by atoms with E-state index >= 15 is 0 Å². The fraction of sp³-hybridized carbons (Fsp3) is 0.545. The van der Waals surface area contributed by atoms with Gasteiger partial charge in [-0.15, -0.1) is 0 Å². The topological polar surface area (TPSA) is 40.6 Å². The van der Waals surface area contributed by atoms with Crippen LogP contribution in [-0.4, -0.2) is 36.3 Å². The highest BCUT2D eigenvalue weighted by Gasteiger charge is 2.41. The molecule has 0 radical (unpaired) electrons. The summed E-state index contributed by atoms with van der Waals surface area (Å²) in [5.74, 6) is 1.75. The summed E-state index contributed by atoms with van der Waals surface area (Å²) in [6, 6.07) is 8.19. The highest BCUT2D eigenvalue weighted by Crippen LogP contribution is 2.35. The van der Waals surface area contributed by atoms with Crippen molar-refractivity contribution < 1.29 is 9.59 Å². The molecule has 0 N–H and O–H groups in total. The second-order valence-corrected chi connectivity index (χ2v) is 8.36. The smallest absolute Gasteiger partial charge is 0.228 e. The van der Waals surface area contributed by atoms with Gasteiger partial charge in [0.25, 0.3) is 0 Å². The van der Waals surface area contributed by atoms with E-state index in [0.717, 1.165) is 31.6 Å². The molecule has 138 valence electrons. The number of carbonyl (C=O) groups is 2. The Morgan fingerprint density at radius 2 is 1.62 bits per heavy atom. The molecular formula is C22H28N2O2. The molecule has 1 aromatic carbocycles. The van der Waals surface area contributed by atoms with Crippen LogP contribution in [0.1, 0.15) is 44.6 Å². The van der Waals surface area contributed by atoms with E-state index in [9.17, 15) is 9.59 Å². The lowest BCUT2D eigenvalue weighted by Crippen LogP contribution is -2.36. The van der Waals surface area contributed by atoms with Crippen LogP contribution >= 0.6 is 0 Å². The summed E-state index contributed by atoms with van der Waals surface area (Å²) in [7, 11) is 0. The van der Waals surface area contributed by atoms with E-state index in [-0.39, 0.29) is 17.7 Å². The number of amides is 2. The molecule has 2 amide bonds. The summed E-state index contributed by atoms with van der Waals surface area (Å²) in [4.78, 5) is 29.3. The molecule has 0 saturated carbocycles. The van der Waals surface area contributed by atoms with Crippen molar-refractivity contribution in [3.8, 4) is 0 Å². The maximum atomic E-state index is 13.0. The number of nitrogens with zero attached hydrogens (tertiary/aromatic N) is 2. The standard InChI is InChI=1S/C22H28N2O2/c1-15(2)16-7-9-20(10-8-16)24-14-19(11-21(24)25)22(26)23-12-17-5-3-4-6-18(17)13-23/h3-4,7-10,15,17-19H,5-6,11-14H2,1-2H3/t17-,18+,19?. The molecule has 0 bridgehead atoms. The molecule has 3 atom stereocenters. The zero-order valence-corrected chi connectivity index (χ0v) is 15.7. The van der Waals surface area contributed by atoms with E-state index in [4.69, 9.17) is 0 Å². The number of allylic oxidation sites excluding steroid dienone is 2. The fourth-order valence-corrected chi connectivity index (χ4v) is 4.61. The van der Waals surface area contributed by atoms with Crippen LogP contribution in [0.5, 0.6) is 0 Å². The summed E-state index contributed by atoms with van der Waals surface area (Å²) in [6.07, 6.45) is 7.02. The van der Waals surface area contributed by atoms with E-state index in [2.05, 4.69) is 38.1 Å². The summed E-state index contributed by atoms with van der Waals surface area (Å²) in [5, 5.41) is 0. The number of anilines is 1. The molecule has 4 rings (SSSR count). The zero-order valence-electron chi connectivity index (χ0n) is 15.7. The van der Waals surface area contributed by atoms with Gasteiger partial charge < -0.3 is 9.80 Å². The monoisotopic (exact) mass is 352 g/mol. The summed E-state index contributed by atoms with van der Waals surface area (Å²) in [6.45, 7) is 6.56. The van der Waals surface area contributed by atoms with E-state index in [1.54, 1.807) is 4.90 Å². The molecule has 4 heteroatoms. The Labute approximate surface area is 155 Å². The van der Waals surface area contributed by atoms with Crippen molar-refractivity contribution in [3.63, 3.8) is 0 Å². The zero-order chi connectivity index (χ0) is 18.3. The molecular weight excluding hydrogens is 324 g/mol. The van der Waals surface area contributed by atoms with Gasteiger partial charge in [0.2, 0.25) is 11.8 Å². The van der Waals surface area contributed by atoms with Gasteiger partial charge in [0.15, 0.2) is 0 Å². The molecule has 2 aliphatic heterocycles. The lowest BCUT2D eigenvalue weighted by molar-refractivity contribution is -0.135. The minimum atomic E-state index is -0.194. The van der Waals surface area contributed by atoms with E-state index < -0.39 is 0 Å². The van der Waals surface area contributed by atoms with Gasteiger partial charge in [-0.05, 0) is 48.3 Å². The molecule has 0 aromatic heterocycles. The number of carbonyl (C=O) groups excluding carboxylic acids is 2. The fourth-order valence-electron chi connectivity index (χ4n) is 4.61.